The zero-order valence-corrected chi connectivity index (χ0v) is 42.1. The molecule has 0 aliphatic heterocycles. The van der Waals surface area contributed by atoms with E-state index in [4.69, 9.17) is 14.2 Å². The van der Waals surface area contributed by atoms with Crippen LogP contribution in [0.4, 0.5) is 0 Å². The highest BCUT2D eigenvalue weighted by Crippen LogP contribution is 2.10. The molecule has 0 rings (SSSR count). The molecule has 0 aliphatic carbocycles. The molecule has 0 aromatic rings. The van der Waals surface area contributed by atoms with Crippen LogP contribution in [0.25, 0.3) is 0 Å². The summed E-state index contributed by atoms with van der Waals surface area (Å²) in [6, 6.07) is 0. The standard InChI is InChI=1S/C61H94O5/c1-4-7-10-13-16-19-22-25-28-29-30-31-32-35-38-41-44-47-50-53-56-64-57-59(66-61(63)55-52-49-46-43-40-37-34-27-24-21-18-15-12-9-6-3)58-65-60(62)54-51-48-45-42-39-36-33-26-23-20-17-14-11-8-5-2/h7-12,16-21,25-28,30-31,33-35,38-40,42-43,59H,4-6,13-15,22-24,29,32,36-37,41,44-58H2,1-3H3/b10-7-,11-8-,12-9-,19-16-,20-17-,21-18-,28-25-,31-30-,33-26-,34-27-,38-35-,42-39-,43-40-. The number of unbranched alkanes of at least 4 members (excludes halogenated alkanes) is 8. The van der Waals surface area contributed by atoms with Crippen LogP contribution in [-0.4, -0.2) is 37.9 Å². The maximum Gasteiger partial charge on any atom is 0.306 e. The molecule has 66 heavy (non-hydrogen) atoms. The molecule has 0 radical (unpaired) electrons. The van der Waals surface area contributed by atoms with Crippen LogP contribution in [0.2, 0.25) is 0 Å². The first-order valence-corrected chi connectivity index (χ1v) is 26.0. The van der Waals surface area contributed by atoms with E-state index in [0.717, 1.165) is 154 Å². The minimum absolute atomic E-state index is 0.0244. The van der Waals surface area contributed by atoms with Gasteiger partial charge in [0.2, 0.25) is 0 Å². The molecule has 0 aromatic carbocycles. The summed E-state index contributed by atoms with van der Waals surface area (Å²) in [6.07, 6.45) is 81.2. The summed E-state index contributed by atoms with van der Waals surface area (Å²) in [7, 11) is 0. The fourth-order valence-corrected chi connectivity index (χ4v) is 6.28. The number of hydrogen-bond donors (Lipinski definition) is 0. The smallest absolute Gasteiger partial charge is 0.306 e. The number of carbonyl (C=O) groups is 2. The Hall–Kier alpha value is -4.48. The third kappa shape index (κ3) is 52.1. The fourth-order valence-electron chi connectivity index (χ4n) is 6.28. The maximum absolute atomic E-state index is 12.8. The summed E-state index contributed by atoms with van der Waals surface area (Å²) in [4.78, 5) is 25.4. The molecule has 0 saturated carbocycles. The van der Waals surface area contributed by atoms with Crippen molar-refractivity contribution in [3.63, 3.8) is 0 Å². The van der Waals surface area contributed by atoms with Gasteiger partial charge in [-0.05, 0) is 141 Å². The molecule has 0 fully saturated rings. The summed E-state index contributed by atoms with van der Waals surface area (Å²) >= 11 is 0. The third-order valence-corrected chi connectivity index (χ3v) is 10.0. The molecular weight excluding hydrogens is 813 g/mol. The summed E-state index contributed by atoms with van der Waals surface area (Å²) in [6.45, 7) is 7.30. The lowest BCUT2D eigenvalue weighted by Gasteiger charge is -2.18. The molecule has 0 aliphatic rings. The summed E-state index contributed by atoms with van der Waals surface area (Å²) < 4.78 is 17.3. The van der Waals surface area contributed by atoms with Gasteiger partial charge < -0.3 is 14.2 Å². The van der Waals surface area contributed by atoms with Gasteiger partial charge >= 0.3 is 11.9 Å². The lowest BCUT2D eigenvalue weighted by molar-refractivity contribution is -0.163. The van der Waals surface area contributed by atoms with E-state index in [9.17, 15) is 9.59 Å². The Morgan fingerprint density at radius 1 is 0.333 bits per heavy atom. The Bertz CT molecular complexity index is 1490. The monoisotopic (exact) mass is 907 g/mol. The van der Waals surface area contributed by atoms with Crippen LogP contribution in [0.1, 0.15) is 188 Å². The topological polar surface area (TPSA) is 61.8 Å². The number of allylic oxidation sites excluding steroid dienone is 26. The van der Waals surface area contributed by atoms with E-state index in [-0.39, 0.29) is 25.2 Å². The van der Waals surface area contributed by atoms with Crippen molar-refractivity contribution in [2.75, 3.05) is 19.8 Å². The Morgan fingerprint density at radius 3 is 1.00 bits per heavy atom. The Labute approximate surface area is 405 Å². The molecule has 0 heterocycles. The molecular formula is C61H94O5. The van der Waals surface area contributed by atoms with Crippen molar-refractivity contribution in [3.05, 3.63) is 158 Å². The van der Waals surface area contributed by atoms with Crippen LogP contribution in [-0.2, 0) is 23.8 Å². The Balaban J connectivity index is 4.50. The number of hydrogen-bond acceptors (Lipinski definition) is 5. The summed E-state index contributed by atoms with van der Waals surface area (Å²) in [5.41, 5.74) is 0. The van der Waals surface area contributed by atoms with Crippen LogP contribution >= 0.6 is 0 Å². The van der Waals surface area contributed by atoms with Gasteiger partial charge in [-0.2, -0.15) is 0 Å². The normalized spacial score (nSPS) is 13.6. The average Bonchev–Trinajstić information content (AvgIpc) is 3.32. The van der Waals surface area contributed by atoms with Crippen molar-refractivity contribution in [2.45, 2.75) is 194 Å². The van der Waals surface area contributed by atoms with Gasteiger partial charge in [0.15, 0.2) is 6.10 Å². The van der Waals surface area contributed by atoms with Crippen molar-refractivity contribution in [2.24, 2.45) is 0 Å². The molecule has 5 nitrogen and oxygen atoms in total. The largest absolute Gasteiger partial charge is 0.462 e. The van der Waals surface area contributed by atoms with E-state index in [1.807, 2.05) is 0 Å². The first-order valence-electron chi connectivity index (χ1n) is 26.0. The predicted molar refractivity (Wildman–Crippen MR) is 288 cm³/mol. The number of carbonyl (C=O) groups excluding carboxylic acids is 2. The van der Waals surface area contributed by atoms with Gasteiger partial charge in [0, 0.05) is 19.4 Å². The molecule has 0 amide bonds. The fraction of sp³-hybridized carbons (Fsp3) is 0.541. The van der Waals surface area contributed by atoms with Gasteiger partial charge in [0.25, 0.3) is 0 Å². The first kappa shape index (κ1) is 61.5. The highest BCUT2D eigenvalue weighted by molar-refractivity contribution is 5.70. The van der Waals surface area contributed by atoms with Crippen LogP contribution in [0.5, 0.6) is 0 Å². The lowest BCUT2D eigenvalue weighted by Crippen LogP contribution is -2.30. The average molecular weight is 907 g/mol. The minimum atomic E-state index is -0.601. The molecule has 5 heteroatoms. The van der Waals surface area contributed by atoms with Crippen molar-refractivity contribution in [1.82, 2.24) is 0 Å². The van der Waals surface area contributed by atoms with Gasteiger partial charge in [0.05, 0.1) is 6.61 Å². The molecule has 0 bridgehead atoms. The number of ether oxygens (including phenoxy) is 3. The van der Waals surface area contributed by atoms with E-state index in [0.29, 0.717) is 19.4 Å². The molecule has 1 atom stereocenters. The molecule has 0 saturated heterocycles. The SMILES string of the molecule is CC/C=C\C/C=C\C/C=C\C/C=C\C/C=C\CCCCCCOCC(COC(=O)CCCC/C=C\C/C=C\C/C=C\C/C=C\CC)OC(=O)CCCC/C=C\C/C=C\C/C=C\C/C=C\CC. The molecule has 1 unspecified atom stereocenters. The molecule has 0 spiro atoms. The predicted octanol–water partition coefficient (Wildman–Crippen LogP) is 17.9. The van der Waals surface area contributed by atoms with Gasteiger partial charge in [-0.25, -0.2) is 0 Å². The van der Waals surface area contributed by atoms with E-state index < -0.39 is 6.10 Å². The summed E-state index contributed by atoms with van der Waals surface area (Å²) in [5.74, 6) is -0.524. The zero-order chi connectivity index (χ0) is 47.7. The van der Waals surface area contributed by atoms with E-state index in [1.165, 1.54) is 0 Å². The van der Waals surface area contributed by atoms with E-state index >= 15 is 0 Å². The number of esters is 2. The second-order valence-corrected chi connectivity index (χ2v) is 16.3. The van der Waals surface area contributed by atoms with Crippen LogP contribution < -0.4 is 0 Å². The molecule has 0 N–H and O–H groups in total. The second-order valence-electron chi connectivity index (χ2n) is 16.3. The van der Waals surface area contributed by atoms with E-state index in [1.54, 1.807) is 0 Å². The van der Waals surface area contributed by atoms with Gasteiger partial charge in [-0.3, -0.25) is 9.59 Å². The van der Waals surface area contributed by atoms with Gasteiger partial charge in [0.1, 0.15) is 6.61 Å². The molecule has 368 valence electrons. The van der Waals surface area contributed by atoms with E-state index in [2.05, 4.69) is 179 Å². The van der Waals surface area contributed by atoms with Crippen molar-refractivity contribution in [3.8, 4) is 0 Å². The number of rotatable bonds is 45. The summed E-state index contributed by atoms with van der Waals surface area (Å²) in [5, 5.41) is 0. The highest BCUT2D eigenvalue weighted by Gasteiger charge is 2.17. The second kappa shape index (κ2) is 54.9. The Morgan fingerprint density at radius 2 is 0.636 bits per heavy atom. The van der Waals surface area contributed by atoms with Crippen molar-refractivity contribution in [1.29, 1.82) is 0 Å². The van der Waals surface area contributed by atoms with Gasteiger partial charge in [-0.15, -0.1) is 0 Å². The van der Waals surface area contributed by atoms with Crippen LogP contribution in [0.3, 0.4) is 0 Å². The van der Waals surface area contributed by atoms with Crippen LogP contribution in [0, 0.1) is 0 Å². The minimum Gasteiger partial charge on any atom is -0.462 e. The van der Waals surface area contributed by atoms with Crippen molar-refractivity contribution < 1.29 is 23.8 Å². The van der Waals surface area contributed by atoms with Gasteiger partial charge in [-0.1, -0.05) is 192 Å². The van der Waals surface area contributed by atoms with Crippen LogP contribution in [0.15, 0.2) is 158 Å². The third-order valence-electron chi connectivity index (χ3n) is 10.0. The zero-order valence-electron chi connectivity index (χ0n) is 42.1. The first-order chi connectivity index (χ1) is 32.6. The lowest BCUT2D eigenvalue weighted by atomic mass is 10.1. The Kier molecular flexibility index (Phi) is 51.1. The maximum atomic E-state index is 12.8. The van der Waals surface area contributed by atoms with Crippen molar-refractivity contribution >= 4 is 11.9 Å². The quantitative estimate of drug-likeness (QED) is 0.0346. The highest BCUT2D eigenvalue weighted by atomic mass is 16.6. The molecule has 0 aromatic heterocycles.